The lowest BCUT2D eigenvalue weighted by molar-refractivity contribution is -0.384. The number of nitriles is 1. The largest absolute Gasteiger partial charge is 0.382 e. The maximum atomic E-state index is 10.6. The van der Waals surface area contributed by atoms with Crippen molar-refractivity contribution in [3.05, 3.63) is 33.9 Å². The van der Waals surface area contributed by atoms with Gasteiger partial charge in [-0.3, -0.25) is 10.1 Å². The van der Waals surface area contributed by atoms with Crippen LogP contribution >= 0.6 is 0 Å². The van der Waals surface area contributed by atoms with Crippen molar-refractivity contribution in [3.8, 4) is 6.07 Å². The fourth-order valence-corrected chi connectivity index (χ4v) is 1.21. The highest BCUT2D eigenvalue weighted by atomic mass is 16.6. The lowest BCUT2D eigenvalue weighted by Crippen LogP contribution is -2.18. The SMILES string of the molecule is CNCCNc1cc([N+](=O)[O-])ccc1C#N. The molecule has 0 spiro atoms. The molecule has 0 atom stereocenters. The number of benzene rings is 1. The monoisotopic (exact) mass is 220 g/mol. The van der Waals surface area contributed by atoms with Crippen LogP contribution in [-0.4, -0.2) is 25.1 Å². The lowest BCUT2D eigenvalue weighted by Gasteiger charge is -2.07. The Balaban J connectivity index is 2.90. The van der Waals surface area contributed by atoms with E-state index in [0.29, 0.717) is 24.3 Å². The molecule has 16 heavy (non-hydrogen) atoms. The Morgan fingerprint density at radius 2 is 2.25 bits per heavy atom. The number of nitrogens with one attached hydrogen (secondary N) is 2. The van der Waals surface area contributed by atoms with E-state index in [2.05, 4.69) is 10.6 Å². The zero-order valence-electron chi connectivity index (χ0n) is 8.86. The second-order valence-corrected chi connectivity index (χ2v) is 3.13. The molecule has 0 aliphatic rings. The van der Waals surface area contributed by atoms with Gasteiger partial charge in [0.1, 0.15) is 6.07 Å². The van der Waals surface area contributed by atoms with Crippen LogP contribution in [0.1, 0.15) is 5.56 Å². The van der Waals surface area contributed by atoms with Gasteiger partial charge in [0, 0.05) is 25.2 Å². The third-order valence-corrected chi connectivity index (χ3v) is 2.02. The molecule has 0 aromatic heterocycles. The Morgan fingerprint density at radius 3 is 2.81 bits per heavy atom. The molecule has 1 rings (SSSR count). The number of hydrogen-bond acceptors (Lipinski definition) is 5. The van der Waals surface area contributed by atoms with Gasteiger partial charge in [-0.15, -0.1) is 0 Å². The van der Waals surface area contributed by atoms with Crippen LogP contribution in [0, 0.1) is 21.4 Å². The topological polar surface area (TPSA) is 91.0 Å². The van der Waals surface area contributed by atoms with Gasteiger partial charge < -0.3 is 10.6 Å². The summed E-state index contributed by atoms with van der Waals surface area (Å²) < 4.78 is 0. The summed E-state index contributed by atoms with van der Waals surface area (Å²) in [7, 11) is 1.81. The zero-order chi connectivity index (χ0) is 12.0. The third kappa shape index (κ3) is 2.93. The summed E-state index contributed by atoms with van der Waals surface area (Å²) in [6, 6.07) is 6.12. The molecule has 0 heterocycles. The molecule has 84 valence electrons. The summed E-state index contributed by atoms with van der Waals surface area (Å²) in [6.45, 7) is 1.32. The van der Waals surface area contributed by atoms with Crippen molar-refractivity contribution in [1.29, 1.82) is 5.26 Å². The van der Waals surface area contributed by atoms with E-state index >= 15 is 0 Å². The highest BCUT2D eigenvalue weighted by Gasteiger charge is 2.09. The van der Waals surface area contributed by atoms with Gasteiger partial charge in [0.2, 0.25) is 0 Å². The fourth-order valence-electron chi connectivity index (χ4n) is 1.21. The second-order valence-electron chi connectivity index (χ2n) is 3.13. The molecule has 0 unspecified atom stereocenters. The van der Waals surface area contributed by atoms with Crippen LogP contribution < -0.4 is 10.6 Å². The zero-order valence-corrected chi connectivity index (χ0v) is 8.86. The van der Waals surface area contributed by atoms with E-state index in [1.807, 2.05) is 6.07 Å². The molecule has 6 nitrogen and oxygen atoms in total. The fraction of sp³-hybridized carbons (Fsp3) is 0.300. The summed E-state index contributed by atoms with van der Waals surface area (Å²) in [5.74, 6) is 0. The summed E-state index contributed by atoms with van der Waals surface area (Å²) in [6.07, 6.45) is 0. The highest BCUT2D eigenvalue weighted by Crippen LogP contribution is 2.21. The van der Waals surface area contributed by atoms with Crippen LogP contribution in [0.3, 0.4) is 0 Å². The number of rotatable bonds is 5. The first-order chi connectivity index (χ1) is 7.69. The van der Waals surface area contributed by atoms with Crippen molar-refractivity contribution in [2.45, 2.75) is 0 Å². The quantitative estimate of drug-likeness (QED) is 0.440. The van der Waals surface area contributed by atoms with Crippen LogP contribution in [-0.2, 0) is 0 Å². The Labute approximate surface area is 93.0 Å². The van der Waals surface area contributed by atoms with Crippen molar-refractivity contribution >= 4 is 11.4 Å². The molecule has 0 saturated carbocycles. The first-order valence-corrected chi connectivity index (χ1v) is 4.76. The maximum Gasteiger partial charge on any atom is 0.271 e. The van der Waals surface area contributed by atoms with E-state index in [0.717, 1.165) is 0 Å². The molecular weight excluding hydrogens is 208 g/mol. The Hall–Kier alpha value is -2.13. The predicted molar refractivity (Wildman–Crippen MR) is 60.2 cm³/mol. The van der Waals surface area contributed by atoms with Crippen molar-refractivity contribution in [2.24, 2.45) is 0 Å². The normalized spacial score (nSPS) is 9.50. The third-order valence-electron chi connectivity index (χ3n) is 2.02. The van der Waals surface area contributed by atoms with Crippen LogP contribution in [0.15, 0.2) is 18.2 Å². The van der Waals surface area contributed by atoms with Gasteiger partial charge in [0.15, 0.2) is 0 Å². The minimum absolute atomic E-state index is 0.0223. The number of likely N-dealkylation sites (N-methyl/N-ethyl adjacent to an activating group) is 1. The molecular formula is C10H12N4O2. The summed E-state index contributed by atoms with van der Waals surface area (Å²) in [4.78, 5) is 10.1. The van der Waals surface area contributed by atoms with E-state index in [9.17, 15) is 10.1 Å². The van der Waals surface area contributed by atoms with Crippen molar-refractivity contribution in [1.82, 2.24) is 5.32 Å². The van der Waals surface area contributed by atoms with Gasteiger partial charge in [0.05, 0.1) is 16.2 Å². The van der Waals surface area contributed by atoms with Gasteiger partial charge >= 0.3 is 0 Å². The number of hydrogen-bond donors (Lipinski definition) is 2. The molecule has 1 aromatic carbocycles. The molecule has 0 fully saturated rings. The van der Waals surface area contributed by atoms with Crippen LogP contribution in [0.4, 0.5) is 11.4 Å². The van der Waals surface area contributed by atoms with E-state index < -0.39 is 4.92 Å². The standard InChI is InChI=1S/C10H12N4O2/c1-12-4-5-13-10-6-9(14(15)16)3-2-8(10)7-11/h2-3,6,12-13H,4-5H2,1H3. The summed E-state index contributed by atoms with van der Waals surface area (Å²) in [5.41, 5.74) is 0.875. The molecule has 6 heteroatoms. The van der Waals surface area contributed by atoms with E-state index in [1.54, 1.807) is 7.05 Å². The van der Waals surface area contributed by atoms with Gasteiger partial charge in [0.25, 0.3) is 5.69 Å². The average Bonchev–Trinajstić information content (AvgIpc) is 2.29. The number of non-ortho nitro benzene ring substituents is 1. The first-order valence-electron chi connectivity index (χ1n) is 4.76. The summed E-state index contributed by atoms with van der Waals surface area (Å²) >= 11 is 0. The average molecular weight is 220 g/mol. The van der Waals surface area contributed by atoms with Gasteiger partial charge in [-0.05, 0) is 13.1 Å². The Bertz CT molecular complexity index is 425. The Morgan fingerprint density at radius 1 is 1.50 bits per heavy atom. The van der Waals surface area contributed by atoms with Crippen LogP contribution in [0.5, 0.6) is 0 Å². The maximum absolute atomic E-state index is 10.6. The first kappa shape index (κ1) is 11.9. The number of nitrogens with zero attached hydrogens (tertiary/aromatic N) is 2. The van der Waals surface area contributed by atoms with E-state index in [-0.39, 0.29) is 5.69 Å². The van der Waals surface area contributed by atoms with E-state index in [4.69, 9.17) is 5.26 Å². The van der Waals surface area contributed by atoms with E-state index in [1.165, 1.54) is 18.2 Å². The molecule has 0 aliphatic heterocycles. The second kappa shape index (κ2) is 5.68. The van der Waals surface area contributed by atoms with Crippen molar-refractivity contribution in [3.63, 3.8) is 0 Å². The molecule has 2 N–H and O–H groups in total. The number of nitro groups is 1. The molecule has 0 amide bonds. The highest BCUT2D eigenvalue weighted by molar-refractivity contribution is 5.62. The smallest absolute Gasteiger partial charge is 0.271 e. The van der Waals surface area contributed by atoms with Gasteiger partial charge in [-0.25, -0.2) is 0 Å². The van der Waals surface area contributed by atoms with Gasteiger partial charge in [-0.1, -0.05) is 0 Å². The number of nitro benzene ring substituents is 1. The minimum atomic E-state index is -0.482. The molecule has 0 bridgehead atoms. The predicted octanol–water partition coefficient (Wildman–Crippen LogP) is 1.10. The van der Waals surface area contributed by atoms with Crippen molar-refractivity contribution < 1.29 is 4.92 Å². The molecule has 0 aliphatic carbocycles. The lowest BCUT2D eigenvalue weighted by atomic mass is 10.1. The van der Waals surface area contributed by atoms with Crippen LogP contribution in [0.2, 0.25) is 0 Å². The molecule has 0 radical (unpaired) electrons. The van der Waals surface area contributed by atoms with Crippen molar-refractivity contribution in [2.75, 3.05) is 25.5 Å². The molecule has 1 aromatic rings. The minimum Gasteiger partial charge on any atom is -0.382 e. The molecule has 0 saturated heterocycles. The Kier molecular flexibility index (Phi) is 4.24. The number of anilines is 1. The van der Waals surface area contributed by atoms with Crippen LogP contribution in [0.25, 0.3) is 0 Å². The van der Waals surface area contributed by atoms with Gasteiger partial charge in [-0.2, -0.15) is 5.26 Å². The summed E-state index contributed by atoms with van der Waals surface area (Å²) in [5, 5.41) is 25.3.